The molecule has 0 aliphatic carbocycles. The summed E-state index contributed by atoms with van der Waals surface area (Å²) in [6, 6.07) is 13.1. The topological polar surface area (TPSA) is 82.0 Å². The third-order valence-electron chi connectivity index (χ3n) is 4.57. The fraction of sp³-hybridized carbons (Fsp3) is 0.520. The van der Waals surface area contributed by atoms with Crippen molar-refractivity contribution in [2.24, 2.45) is 0 Å². The minimum Gasteiger partial charge on any atom is -0.508 e. The van der Waals surface area contributed by atoms with E-state index in [0.29, 0.717) is 25.7 Å². The molecular weight excluding hydrogens is 378 g/mol. The smallest absolute Gasteiger partial charge is 0.121 e. The van der Waals surface area contributed by atoms with Crippen LogP contribution in [0.15, 0.2) is 48.5 Å². The van der Waals surface area contributed by atoms with Gasteiger partial charge >= 0.3 is 0 Å². The molecule has 0 aromatic heterocycles. The zero-order valence-electron chi connectivity index (χ0n) is 24.2. The summed E-state index contributed by atoms with van der Waals surface area (Å²) in [4.78, 5) is 0. The molecular formula is C25H37NO4. The van der Waals surface area contributed by atoms with E-state index in [1.807, 2.05) is 30.3 Å². The van der Waals surface area contributed by atoms with Crippen molar-refractivity contribution in [3.8, 4) is 5.75 Å². The van der Waals surface area contributed by atoms with Crippen LogP contribution in [0.1, 0.15) is 70.9 Å². The Morgan fingerprint density at radius 3 is 2.60 bits per heavy atom. The molecule has 1 unspecified atom stereocenters. The van der Waals surface area contributed by atoms with E-state index in [1.165, 1.54) is 6.07 Å². The number of phenols is 1. The Kier molecular flexibility index (Phi) is 7.89. The number of benzene rings is 2. The van der Waals surface area contributed by atoms with Crippen LogP contribution in [0.3, 0.4) is 0 Å². The van der Waals surface area contributed by atoms with Crippen molar-refractivity contribution in [2.75, 3.05) is 26.2 Å². The number of hydrogen-bond acceptors (Lipinski definition) is 5. The van der Waals surface area contributed by atoms with Gasteiger partial charge in [-0.05, 0) is 61.9 Å². The summed E-state index contributed by atoms with van der Waals surface area (Å²) in [6.45, 7) is -6.77. The molecule has 166 valence electrons. The second-order valence-corrected chi connectivity index (χ2v) is 6.96. The van der Waals surface area contributed by atoms with Crippen LogP contribution in [0.4, 0.5) is 0 Å². The molecule has 1 atom stereocenters. The number of aryl methyl sites for hydroxylation is 1. The molecule has 4 N–H and O–H groups in total. The Balaban J connectivity index is 1.69. The molecule has 30 heavy (non-hydrogen) atoms. The molecule has 0 aliphatic rings. The summed E-state index contributed by atoms with van der Waals surface area (Å²) in [5, 5.41) is 32.2. The molecule has 0 aliphatic heterocycles. The summed E-state index contributed by atoms with van der Waals surface area (Å²) < 4.78 is 60.4. The number of rotatable bonds is 16. The Bertz CT molecular complexity index is 969. The maximum Gasteiger partial charge on any atom is 0.121 e. The monoisotopic (exact) mass is 422 g/mol. The lowest BCUT2D eigenvalue weighted by Gasteiger charge is -2.14. The first kappa shape index (κ1) is 15.8. The van der Waals surface area contributed by atoms with Gasteiger partial charge in [-0.3, -0.25) is 0 Å². The number of nitrogens with one attached hydrogen (secondary N) is 1. The van der Waals surface area contributed by atoms with Crippen LogP contribution in [0.5, 0.6) is 5.75 Å². The highest BCUT2D eigenvalue weighted by molar-refractivity contribution is 5.36. The lowest BCUT2D eigenvalue weighted by Crippen LogP contribution is -2.22. The van der Waals surface area contributed by atoms with Gasteiger partial charge in [-0.25, -0.2) is 0 Å². The van der Waals surface area contributed by atoms with E-state index in [0.717, 1.165) is 24.1 Å². The van der Waals surface area contributed by atoms with Crippen molar-refractivity contribution in [1.82, 2.24) is 5.32 Å². The lowest BCUT2D eigenvalue weighted by molar-refractivity contribution is 0.126. The third-order valence-corrected chi connectivity index (χ3v) is 4.57. The van der Waals surface area contributed by atoms with E-state index in [9.17, 15) is 15.3 Å². The highest BCUT2D eigenvalue weighted by atomic mass is 16.5. The third kappa shape index (κ3) is 9.72. The van der Waals surface area contributed by atoms with E-state index in [1.54, 1.807) is 0 Å². The molecule has 0 amide bonds. The zero-order valence-corrected chi connectivity index (χ0v) is 17.2. The molecule has 0 saturated heterocycles. The van der Waals surface area contributed by atoms with E-state index < -0.39 is 43.6 Å². The highest BCUT2D eigenvalue weighted by Gasteiger charge is 2.09. The largest absolute Gasteiger partial charge is 0.508 e. The summed E-state index contributed by atoms with van der Waals surface area (Å²) in [7, 11) is 0. The lowest BCUT2D eigenvalue weighted by atomic mass is 10.1. The van der Waals surface area contributed by atoms with E-state index in [-0.39, 0.29) is 25.0 Å². The van der Waals surface area contributed by atoms with Crippen LogP contribution in [0.2, 0.25) is 0 Å². The molecule has 0 radical (unpaired) electrons. The van der Waals surface area contributed by atoms with Gasteiger partial charge in [0.15, 0.2) is 0 Å². The van der Waals surface area contributed by atoms with Crippen molar-refractivity contribution in [3.63, 3.8) is 0 Å². The van der Waals surface area contributed by atoms with Crippen molar-refractivity contribution in [1.29, 1.82) is 0 Å². The predicted octanol–water partition coefficient (Wildman–Crippen LogP) is 4.11. The molecule has 0 bridgehead atoms. The number of hydrogen-bond donors (Lipinski definition) is 4. The molecule has 0 heterocycles. The van der Waals surface area contributed by atoms with Crippen LogP contribution in [0.25, 0.3) is 0 Å². The fourth-order valence-corrected chi connectivity index (χ4v) is 2.86. The van der Waals surface area contributed by atoms with Crippen LogP contribution < -0.4 is 5.32 Å². The molecule has 5 nitrogen and oxygen atoms in total. The van der Waals surface area contributed by atoms with Gasteiger partial charge < -0.3 is 25.4 Å². The molecule has 0 fully saturated rings. The van der Waals surface area contributed by atoms with Gasteiger partial charge in [-0.15, -0.1) is 0 Å². The highest BCUT2D eigenvalue weighted by Crippen LogP contribution is 2.22. The first-order valence-electron chi connectivity index (χ1n) is 13.8. The maximum absolute atomic E-state index is 10.5. The quantitative estimate of drug-likeness (QED) is 0.306. The van der Waals surface area contributed by atoms with Crippen molar-refractivity contribution >= 4 is 0 Å². The van der Waals surface area contributed by atoms with Crippen molar-refractivity contribution in [3.05, 3.63) is 65.2 Å². The Morgan fingerprint density at radius 2 is 1.80 bits per heavy atom. The maximum atomic E-state index is 10.5. The van der Waals surface area contributed by atoms with Crippen LogP contribution in [-0.4, -0.2) is 41.5 Å². The second kappa shape index (κ2) is 15.0. The molecule has 0 spiro atoms. The van der Waals surface area contributed by atoms with Gasteiger partial charge in [0.05, 0.1) is 19.5 Å². The first-order chi connectivity index (χ1) is 17.1. The van der Waals surface area contributed by atoms with Gasteiger partial charge in [0.25, 0.3) is 0 Å². The Labute approximate surface area is 190 Å². The van der Waals surface area contributed by atoms with Gasteiger partial charge in [0, 0.05) is 28.0 Å². The SMILES string of the molecule is [2H]C([2H])(CCCCCOC([2H])([2H])CCCc1ccccc1)NCC([2H])(O)c1ccc(O)c(C([2H])([2H])O)c1. The normalized spacial score (nSPS) is 18.1. The van der Waals surface area contributed by atoms with Gasteiger partial charge in [-0.2, -0.15) is 0 Å². The van der Waals surface area contributed by atoms with Crippen LogP contribution >= 0.6 is 0 Å². The van der Waals surface area contributed by atoms with E-state index in [2.05, 4.69) is 5.32 Å². The predicted molar refractivity (Wildman–Crippen MR) is 121 cm³/mol. The number of ether oxygens (including phenoxy) is 1. The van der Waals surface area contributed by atoms with Gasteiger partial charge in [-0.1, -0.05) is 49.2 Å². The summed E-state index contributed by atoms with van der Waals surface area (Å²) in [6.07, 6.45) is 1.15. The molecule has 2 aromatic rings. The fourth-order valence-electron chi connectivity index (χ4n) is 2.86. The second-order valence-electron chi connectivity index (χ2n) is 6.96. The molecule has 5 heteroatoms. The van der Waals surface area contributed by atoms with E-state index >= 15 is 0 Å². The Morgan fingerprint density at radius 1 is 1.00 bits per heavy atom. The molecule has 2 rings (SSSR count). The average molecular weight is 423 g/mol. The summed E-state index contributed by atoms with van der Waals surface area (Å²) in [5.74, 6) is -0.528. The minimum absolute atomic E-state index is 0.0903. The molecule has 2 aromatic carbocycles. The Hall–Kier alpha value is -1.92. The first-order valence-corrected chi connectivity index (χ1v) is 10.3. The van der Waals surface area contributed by atoms with Gasteiger partial charge in [0.1, 0.15) is 5.75 Å². The minimum atomic E-state index is -2.87. The summed E-state index contributed by atoms with van der Waals surface area (Å²) in [5.41, 5.74) is 0.545. The van der Waals surface area contributed by atoms with Crippen molar-refractivity contribution < 1.29 is 29.7 Å². The van der Waals surface area contributed by atoms with Crippen molar-refractivity contribution in [2.45, 2.75) is 57.6 Å². The number of aliphatic hydroxyl groups is 2. The number of aromatic hydroxyl groups is 1. The van der Waals surface area contributed by atoms with Gasteiger partial charge in [0.2, 0.25) is 0 Å². The zero-order chi connectivity index (χ0) is 27.7. The van der Waals surface area contributed by atoms with Crippen LogP contribution in [0, 0.1) is 0 Å². The summed E-state index contributed by atoms with van der Waals surface area (Å²) >= 11 is 0. The van der Waals surface area contributed by atoms with Crippen LogP contribution in [-0.2, 0) is 17.7 Å². The molecule has 0 saturated carbocycles. The van der Waals surface area contributed by atoms with E-state index in [4.69, 9.17) is 14.3 Å². The number of unbranched alkanes of at least 4 members (excludes halogenated alkanes) is 2. The average Bonchev–Trinajstić information content (AvgIpc) is 2.80. The standard InChI is InChI=1S/C25H37NO4/c27-20-23-18-22(13-14-24(23)28)25(29)19-26-15-7-1-2-8-16-30-17-9-6-12-21-10-4-3-5-11-21/h3-5,10-11,13-14,18,25-29H,1-2,6-9,12,15-17,19-20H2/i15D2,17D2,20D2,25D.